The first-order chi connectivity index (χ1) is 11.0. The van der Waals surface area contributed by atoms with E-state index in [1.807, 2.05) is 6.92 Å². The van der Waals surface area contributed by atoms with Crippen LogP contribution in [-0.4, -0.2) is 60.1 Å². The molecule has 3 rings (SSSR count). The number of likely N-dealkylation sites (N-methyl/N-ethyl adjacent to an activating group) is 1. The first-order valence-electron chi connectivity index (χ1n) is 8.16. The van der Waals surface area contributed by atoms with Gasteiger partial charge in [0.05, 0.1) is 23.7 Å². The van der Waals surface area contributed by atoms with E-state index >= 15 is 0 Å². The predicted octanol–water partition coefficient (Wildman–Crippen LogP) is 2.17. The molecule has 0 bridgehead atoms. The van der Waals surface area contributed by atoms with Gasteiger partial charge in [-0.3, -0.25) is 4.79 Å². The molecule has 0 unspecified atom stereocenters. The number of hydrogen-bond acceptors (Lipinski definition) is 5. The molecule has 7 heteroatoms. The van der Waals surface area contributed by atoms with Gasteiger partial charge in [0.25, 0.3) is 0 Å². The Morgan fingerprint density at radius 1 is 1.48 bits per heavy atom. The summed E-state index contributed by atoms with van der Waals surface area (Å²) in [6.45, 7) is 4.10. The van der Waals surface area contributed by atoms with E-state index in [-0.39, 0.29) is 12.0 Å². The van der Waals surface area contributed by atoms with Crippen molar-refractivity contribution in [3.8, 4) is 0 Å². The Hall–Kier alpha value is -1.63. The van der Waals surface area contributed by atoms with Crippen LogP contribution in [0.1, 0.15) is 40.8 Å². The lowest BCUT2D eigenvalue weighted by Crippen LogP contribution is -2.37. The van der Waals surface area contributed by atoms with Crippen molar-refractivity contribution >= 4 is 23.3 Å². The Labute approximate surface area is 140 Å². The predicted molar refractivity (Wildman–Crippen MR) is 87.7 cm³/mol. The number of amides is 2. The minimum atomic E-state index is -0.283. The highest BCUT2D eigenvalue weighted by molar-refractivity contribution is 7.12. The standard InChI is InChI=1S/C16H23N3O3S/c1-11-13(23-15(17-11)12-4-3-5-12)10-14(20)18(2)6-7-19-8-9-22-16(19)21/h12H,3-10H2,1-2H3. The van der Waals surface area contributed by atoms with Crippen LogP contribution < -0.4 is 0 Å². The van der Waals surface area contributed by atoms with Crippen LogP contribution >= 0.6 is 11.3 Å². The Balaban J connectivity index is 1.51. The summed E-state index contributed by atoms with van der Waals surface area (Å²) in [5.41, 5.74) is 0.988. The first kappa shape index (κ1) is 16.2. The average Bonchev–Trinajstić information content (AvgIpc) is 3.01. The molecular formula is C16H23N3O3S. The molecule has 2 amide bonds. The molecule has 1 aliphatic carbocycles. The van der Waals surface area contributed by atoms with Crippen LogP contribution in [0.3, 0.4) is 0 Å². The van der Waals surface area contributed by atoms with Crippen LogP contribution in [0.4, 0.5) is 4.79 Å². The molecule has 6 nitrogen and oxygen atoms in total. The van der Waals surface area contributed by atoms with Gasteiger partial charge in [-0.1, -0.05) is 6.42 Å². The van der Waals surface area contributed by atoms with Gasteiger partial charge in [0.2, 0.25) is 5.91 Å². The largest absolute Gasteiger partial charge is 0.448 e. The number of aromatic nitrogens is 1. The Bertz CT molecular complexity index is 597. The SMILES string of the molecule is Cc1nc(C2CCC2)sc1CC(=O)N(C)CCN1CCOC1=O. The number of aryl methyl sites for hydroxylation is 1. The summed E-state index contributed by atoms with van der Waals surface area (Å²) in [5.74, 6) is 0.686. The molecule has 0 spiro atoms. The molecule has 0 radical (unpaired) electrons. The Kier molecular flexibility index (Phi) is 4.84. The summed E-state index contributed by atoms with van der Waals surface area (Å²) in [7, 11) is 1.78. The first-order valence-corrected chi connectivity index (χ1v) is 8.98. The number of carbonyl (C=O) groups is 2. The highest BCUT2D eigenvalue weighted by atomic mass is 32.1. The van der Waals surface area contributed by atoms with Gasteiger partial charge in [0, 0.05) is 30.9 Å². The lowest BCUT2D eigenvalue weighted by atomic mass is 9.86. The van der Waals surface area contributed by atoms with E-state index in [2.05, 4.69) is 4.98 Å². The number of cyclic esters (lactones) is 1. The molecule has 126 valence electrons. The Morgan fingerprint density at radius 3 is 2.87 bits per heavy atom. The summed E-state index contributed by atoms with van der Waals surface area (Å²) in [6.07, 6.45) is 3.86. The van der Waals surface area contributed by atoms with E-state index < -0.39 is 0 Å². The molecule has 2 fully saturated rings. The maximum absolute atomic E-state index is 12.4. The minimum absolute atomic E-state index is 0.0736. The van der Waals surface area contributed by atoms with Gasteiger partial charge in [-0.25, -0.2) is 9.78 Å². The van der Waals surface area contributed by atoms with Crippen LogP contribution in [0.5, 0.6) is 0 Å². The van der Waals surface area contributed by atoms with E-state index in [1.54, 1.807) is 28.2 Å². The zero-order valence-corrected chi connectivity index (χ0v) is 14.5. The van der Waals surface area contributed by atoms with Crippen molar-refractivity contribution in [2.45, 2.75) is 38.5 Å². The lowest BCUT2D eigenvalue weighted by molar-refractivity contribution is -0.129. The maximum atomic E-state index is 12.4. The number of rotatable bonds is 6. The third-order valence-electron chi connectivity index (χ3n) is 4.65. The number of hydrogen-bond donors (Lipinski definition) is 0. The second-order valence-electron chi connectivity index (χ2n) is 6.28. The van der Waals surface area contributed by atoms with E-state index in [9.17, 15) is 9.59 Å². The van der Waals surface area contributed by atoms with Crippen molar-refractivity contribution < 1.29 is 14.3 Å². The minimum Gasteiger partial charge on any atom is -0.448 e. The van der Waals surface area contributed by atoms with Gasteiger partial charge in [-0.05, 0) is 19.8 Å². The van der Waals surface area contributed by atoms with Crippen molar-refractivity contribution in [1.29, 1.82) is 0 Å². The topological polar surface area (TPSA) is 62.7 Å². The van der Waals surface area contributed by atoms with Gasteiger partial charge in [-0.2, -0.15) is 0 Å². The second-order valence-corrected chi connectivity index (χ2v) is 7.40. The monoisotopic (exact) mass is 337 g/mol. The second kappa shape index (κ2) is 6.86. The molecule has 0 aromatic carbocycles. The molecule has 1 aromatic rings. The van der Waals surface area contributed by atoms with Gasteiger partial charge in [0.1, 0.15) is 6.61 Å². The summed E-state index contributed by atoms with van der Waals surface area (Å²) >= 11 is 1.69. The quantitative estimate of drug-likeness (QED) is 0.798. The fraction of sp³-hybridized carbons (Fsp3) is 0.688. The third kappa shape index (κ3) is 3.65. The van der Waals surface area contributed by atoms with Crippen molar-refractivity contribution in [3.63, 3.8) is 0 Å². The molecule has 2 heterocycles. The van der Waals surface area contributed by atoms with Gasteiger partial charge in [0.15, 0.2) is 0 Å². The Morgan fingerprint density at radius 2 is 2.26 bits per heavy atom. The fourth-order valence-corrected chi connectivity index (χ4v) is 3.97. The number of thiazole rings is 1. The normalized spacial score (nSPS) is 18.0. The molecule has 0 atom stereocenters. The zero-order valence-electron chi connectivity index (χ0n) is 13.7. The van der Waals surface area contributed by atoms with E-state index in [4.69, 9.17) is 4.74 Å². The van der Waals surface area contributed by atoms with E-state index in [0.29, 0.717) is 38.6 Å². The average molecular weight is 337 g/mol. The van der Waals surface area contributed by atoms with Crippen LogP contribution in [-0.2, 0) is 16.0 Å². The molecule has 0 N–H and O–H groups in total. The molecule has 1 saturated heterocycles. The van der Waals surface area contributed by atoms with Crippen LogP contribution in [0.2, 0.25) is 0 Å². The number of ether oxygens (including phenoxy) is 1. The van der Waals surface area contributed by atoms with Crippen molar-refractivity contribution in [2.24, 2.45) is 0 Å². The molecule has 1 aromatic heterocycles. The molecule has 1 saturated carbocycles. The maximum Gasteiger partial charge on any atom is 0.409 e. The number of carbonyl (C=O) groups excluding carboxylic acids is 2. The summed E-state index contributed by atoms with van der Waals surface area (Å²) in [6, 6.07) is 0. The van der Waals surface area contributed by atoms with Gasteiger partial charge < -0.3 is 14.5 Å². The van der Waals surface area contributed by atoms with E-state index in [0.717, 1.165) is 10.6 Å². The van der Waals surface area contributed by atoms with Crippen LogP contribution in [0.25, 0.3) is 0 Å². The van der Waals surface area contributed by atoms with Crippen LogP contribution in [0, 0.1) is 6.92 Å². The van der Waals surface area contributed by atoms with Crippen molar-refractivity contribution in [1.82, 2.24) is 14.8 Å². The zero-order chi connectivity index (χ0) is 16.4. The fourth-order valence-electron chi connectivity index (χ4n) is 2.74. The van der Waals surface area contributed by atoms with E-state index in [1.165, 1.54) is 24.3 Å². The summed E-state index contributed by atoms with van der Waals surface area (Å²) in [5, 5.41) is 1.19. The molecule has 2 aliphatic rings. The lowest BCUT2D eigenvalue weighted by Gasteiger charge is -2.22. The van der Waals surface area contributed by atoms with Gasteiger partial charge in [-0.15, -0.1) is 11.3 Å². The van der Waals surface area contributed by atoms with Crippen LogP contribution in [0.15, 0.2) is 0 Å². The molecular weight excluding hydrogens is 314 g/mol. The van der Waals surface area contributed by atoms with Crippen molar-refractivity contribution in [2.75, 3.05) is 33.3 Å². The third-order valence-corrected chi connectivity index (χ3v) is 5.97. The molecule has 23 heavy (non-hydrogen) atoms. The molecule has 1 aliphatic heterocycles. The van der Waals surface area contributed by atoms with Gasteiger partial charge >= 0.3 is 6.09 Å². The highest BCUT2D eigenvalue weighted by Gasteiger charge is 2.25. The number of nitrogens with zero attached hydrogens (tertiary/aromatic N) is 3. The highest BCUT2D eigenvalue weighted by Crippen LogP contribution is 2.39. The smallest absolute Gasteiger partial charge is 0.409 e. The summed E-state index contributed by atoms with van der Waals surface area (Å²) in [4.78, 5) is 32.8. The summed E-state index contributed by atoms with van der Waals surface area (Å²) < 4.78 is 4.89. The van der Waals surface area contributed by atoms with Crippen molar-refractivity contribution in [3.05, 3.63) is 15.6 Å².